The number of ketones is 1. The van der Waals surface area contributed by atoms with Crippen LogP contribution in [0.15, 0.2) is 48.8 Å². The normalized spacial score (nSPS) is 11.1. The van der Waals surface area contributed by atoms with Gasteiger partial charge in [0.2, 0.25) is 0 Å². The number of pyridine rings is 1. The lowest BCUT2D eigenvalue weighted by molar-refractivity contribution is 0.101. The molecule has 2 N–H and O–H groups in total. The number of anilines is 1. The monoisotopic (exact) mass is 400 g/mol. The molecule has 0 fully saturated rings. The second-order valence-corrected chi connectivity index (χ2v) is 7.47. The highest BCUT2D eigenvalue weighted by Gasteiger charge is 2.21. The lowest BCUT2D eigenvalue weighted by Crippen LogP contribution is -2.14. The minimum atomic E-state index is -0.251. The minimum Gasteiger partial charge on any atom is -0.354 e. The second kappa shape index (κ2) is 7.63. The molecule has 3 heterocycles. The topological polar surface area (TPSA) is 79.3 Å². The van der Waals surface area contributed by atoms with Gasteiger partial charge in [0, 0.05) is 34.9 Å². The summed E-state index contributed by atoms with van der Waals surface area (Å²) in [5.74, 6) is -0.287. The average molecular weight is 400 g/mol. The van der Waals surface area contributed by atoms with Crippen molar-refractivity contribution < 1.29 is 9.59 Å². The second-order valence-electron chi connectivity index (χ2n) is 7.47. The quantitative estimate of drug-likeness (QED) is 0.465. The van der Waals surface area contributed by atoms with Crippen LogP contribution in [0.3, 0.4) is 0 Å². The molecule has 1 aromatic carbocycles. The minimum absolute atomic E-state index is 0.0355. The first-order valence-corrected chi connectivity index (χ1v) is 9.97. The van der Waals surface area contributed by atoms with Crippen LogP contribution in [0, 0.1) is 13.8 Å². The van der Waals surface area contributed by atoms with E-state index in [0.29, 0.717) is 23.4 Å². The molecule has 152 valence electrons. The lowest BCUT2D eigenvalue weighted by atomic mass is 10.0. The zero-order valence-corrected chi connectivity index (χ0v) is 17.5. The number of nitrogens with one attached hydrogen (secondary N) is 2. The van der Waals surface area contributed by atoms with Crippen molar-refractivity contribution >= 4 is 23.0 Å². The van der Waals surface area contributed by atoms with Crippen LogP contribution in [-0.4, -0.2) is 26.1 Å². The first-order chi connectivity index (χ1) is 14.4. The first-order valence-electron chi connectivity index (χ1n) is 9.97. The van der Waals surface area contributed by atoms with Gasteiger partial charge in [-0.1, -0.05) is 25.1 Å². The van der Waals surface area contributed by atoms with Crippen LogP contribution in [0.1, 0.15) is 51.5 Å². The molecule has 0 radical (unpaired) electrons. The molecule has 6 nitrogen and oxygen atoms in total. The number of fused-ring (bicyclic) bond motifs is 1. The summed E-state index contributed by atoms with van der Waals surface area (Å²) in [7, 11) is 0. The van der Waals surface area contributed by atoms with Crippen molar-refractivity contribution in [3.8, 4) is 11.3 Å². The van der Waals surface area contributed by atoms with Crippen molar-refractivity contribution in [1.82, 2.24) is 14.4 Å². The van der Waals surface area contributed by atoms with E-state index >= 15 is 0 Å². The Kier molecular flexibility index (Phi) is 4.99. The highest BCUT2D eigenvalue weighted by Crippen LogP contribution is 2.24. The van der Waals surface area contributed by atoms with Crippen molar-refractivity contribution in [3.63, 3.8) is 0 Å². The SMILES string of the molecule is CCc1c(C(=O)Nc2ccc(-c3cn4cccc(C)c4n3)cc2)[nH]c(C)c1C(C)=O. The van der Waals surface area contributed by atoms with Gasteiger partial charge in [-0.25, -0.2) is 4.98 Å². The van der Waals surface area contributed by atoms with Gasteiger partial charge in [-0.3, -0.25) is 9.59 Å². The summed E-state index contributed by atoms with van der Waals surface area (Å²) >= 11 is 0. The van der Waals surface area contributed by atoms with Gasteiger partial charge >= 0.3 is 0 Å². The van der Waals surface area contributed by atoms with Gasteiger partial charge in [0.15, 0.2) is 5.78 Å². The molecule has 0 saturated heterocycles. The van der Waals surface area contributed by atoms with E-state index in [1.807, 2.05) is 74.0 Å². The summed E-state index contributed by atoms with van der Waals surface area (Å²) in [4.78, 5) is 32.5. The predicted molar refractivity (Wildman–Crippen MR) is 118 cm³/mol. The number of hydrogen-bond donors (Lipinski definition) is 2. The third kappa shape index (κ3) is 3.41. The molecular weight excluding hydrogens is 376 g/mol. The Morgan fingerprint density at radius 2 is 1.87 bits per heavy atom. The van der Waals surface area contributed by atoms with Gasteiger partial charge in [-0.15, -0.1) is 0 Å². The summed E-state index contributed by atoms with van der Waals surface area (Å²) in [5.41, 5.74) is 7.12. The Hall–Kier alpha value is -3.67. The number of Topliss-reactive ketones (excluding diaryl/α,β-unsaturated/α-hetero) is 1. The number of rotatable bonds is 5. The molecule has 1 amide bonds. The Bertz CT molecular complexity index is 1260. The molecule has 4 rings (SSSR count). The van der Waals surface area contributed by atoms with Crippen molar-refractivity contribution in [3.05, 3.63) is 76.9 Å². The number of carbonyl (C=O) groups is 2. The number of aryl methyl sites for hydroxylation is 2. The number of amides is 1. The Balaban J connectivity index is 1.58. The molecule has 0 bridgehead atoms. The Morgan fingerprint density at radius 1 is 1.13 bits per heavy atom. The number of carbonyl (C=O) groups excluding carboxylic acids is 2. The maximum atomic E-state index is 12.8. The van der Waals surface area contributed by atoms with Crippen LogP contribution in [0.25, 0.3) is 16.9 Å². The summed E-state index contributed by atoms with van der Waals surface area (Å²) in [6, 6.07) is 11.6. The van der Waals surface area contributed by atoms with Gasteiger partial charge < -0.3 is 14.7 Å². The van der Waals surface area contributed by atoms with E-state index in [-0.39, 0.29) is 11.7 Å². The highest BCUT2D eigenvalue weighted by molar-refractivity contribution is 6.07. The van der Waals surface area contributed by atoms with Gasteiger partial charge in [-0.05, 0) is 56.5 Å². The van der Waals surface area contributed by atoms with Crippen LogP contribution in [0.2, 0.25) is 0 Å². The molecule has 0 unspecified atom stereocenters. The van der Waals surface area contributed by atoms with Crippen LogP contribution >= 0.6 is 0 Å². The summed E-state index contributed by atoms with van der Waals surface area (Å²) in [6.45, 7) is 7.32. The molecule has 0 atom stereocenters. The van der Waals surface area contributed by atoms with E-state index in [1.54, 1.807) is 0 Å². The van der Waals surface area contributed by atoms with E-state index in [1.165, 1.54) is 6.92 Å². The van der Waals surface area contributed by atoms with E-state index < -0.39 is 0 Å². The predicted octanol–water partition coefficient (Wildman–Crippen LogP) is 4.96. The van der Waals surface area contributed by atoms with Crippen molar-refractivity contribution in [2.75, 3.05) is 5.32 Å². The van der Waals surface area contributed by atoms with E-state index in [9.17, 15) is 9.59 Å². The molecule has 0 spiro atoms. The fourth-order valence-electron chi connectivity index (χ4n) is 3.91. The first kappa shape index (κ1) is 19.6. The summed E-state index contributed by atoms with van der Waals surface area (Å²) in [5, 5.41) is 2.92. The maximum Gasteiger partial charge on any atom is 0.272 e. The van der Waals surface area contributed by atoms with Crippen LogP contribution in [0.5, 0.6) is 0 Å². The fourth-order valence-corrected chi connectivity index (χ4v) is 3.91. The zero-order chi connectivity index (χ0) is 21.4. The smallest absolute Gasteiger partial charge is 0.272 e. The molecule has 3 aromatic heterocycles. The standard InChI is InChI=1S/C24H24N4O2/c1-5-19-21(16(4)29)15(3)25-22(19)24(30)26-18-10-8-17(9-11-18)20-13-28-12-6-7-14(2)23(28)27-20/h6-13,25H,5H2,1-4H3,(H,26,30). The molecular formula is C24H24N4O2. The zero-order valence-electron chi connectivity index (χ0n) is 17.5. The number of H-pyrrole nitrogens is 1. The van der Waals surface area contributed by atoms with Gasteiger partial charge in [0.05, 0.1) is 5.69 Å². The molecule has 0 aliphatic heterocycles. The maximum absolute atomic E-state index is 12.8. The van der Waals surface area contributed by atoms with Crippen molar-refractivity contribution in [1.29, 1.82) is 0 Å². The van der Waals surface area contributed by atoms with E-state index in [2.05, 4.69) is 10.3 Å². The lowest BCUT2D eigenvalue weighted by Gasteiger charge is -2.07. The number of aromatic nitrogens is 3. The molecule has 0 saturated carbocycles. The molecule has 0 aliphatic rings. The van der Waals surface area contributed by atoms with E-state index in [4.69, 9.17) is 4.98 Å². The molecule has 30 heavy (non-hydrogen) atoms. The third-order valence-electron chi connectivity index (χ3n) is 5.34. The van der Waals surface area contributed by atoms with Crippen molar-refractivity contribution in [2.24, 2.45) is 0 Å². The molecule has 4 aromatic rings. The highest BCUT2D eigenvalue weighted by atomic mass is 16.2. The summed E-state index contributed by atoms with van der Waals surface area (Å²) < 4.78 is 2.01. The number of imidazole rings is 1. The Morgan fingerprint density at radius 3 is 2.50 bits per heavy atom. The van der Waals surface area contributed by atoms with Crippen LogP contribution in [-0.2, 0) is 6.42 Å². The fraction of sp³-hybridized carbons (Fsp3) is 0.208. The van der Waals surface area contributed by atoms with Gasteiger partial charge in [0.1, 0.15) is 11.3 Å². The molecule has 0 aliphatic carbocycles. The number of hydrogen-bond acceptors (Lipinski definition) is 3. The number of nitrogens with zero attached hydrogens (tertiary/aromatic N) is 2. The molecule has 6 heteroatoms. The van der Waals surface area contributed by atoms with Crippen LogP contribution in [0.4, 0.5) is 5.69 Å². The van der Waals surface area contributed by atoms with Crippen LogP contribution < -0.4 is 5.32 Å². The average Bonchev–Trinajstić information content (AvgIpc) is 3.30. The summed E-state index contributed by atoms with van der Waals surface area (Å²) in [6.07, 6.45) is 4.58. The Labute approximate surface area is 175 Å². The third-order valence-corrected chi connectivity index (χ3v) is 5.34. The van der Waals surface area contributed by atoms with Crippen molar-refractivity contribution in [2.45, 2.75) is 34.1 Å². The van der Waals surface area contributed by atoms with Gasteiger partial charge in [0.25, 0.3) is 5.91 Å². The van der Waals surface area contributed by atoms with Gasteiger partial charge in [-0.2, -0.15) is 0 Å². The number of benzene rings is 1. The largest absolute Gasteiger partial charge is 0.354 e. The number of aromatic amines is 1. The van der Waals surface area contributed by atoms with E-state index in [0.717, 1.165) is 33.7 Å².